The van der Waals surface area contributed by atoms with Crippen molar-refractivity contribution in [2.45, 2.75) is 6.42 Å². The Morgan fingerprint density at radius 2 is 1.35 bits per heavy atom. The molecule has 1 aliphatic carbocycles. The van der Waals surface area contributed by atoms with Crippen molar-refractivity contribution < 1.29 is 9.59 Å². The van der Waals surface area contributed by atoms with E-state index in [2.05, 4.69) is 0 Å². The molecule has 0 atom stereocenters. The third kappa shape index (κ3) is 5.42. The van der Waals surface area contributed by atoms with Crippen LogP contribution in [0.25, 0.3) is 0 Å². The van der Waals surface area contributed by atoms with Gasteiger partial charge in [0.2, 0.25) is 0 Å². The molecule has 2 heteroatoms. The van der Waals surface area contributed by atoms with Crippen molar-refractivity contribution in [2.75, 3.05) is 0 Å². The minimum atomic E-state index is 0.740. The molecule has 0 N–H and O–H groups in total. The Labute approximate surface area is 101 Å². The summed E-state index contributed by atoms with van der Waals surface area (Å²) in [4.78, 5) is 20.3. The molecule has 0 saturated heterocycles. The fraction of sp³-hybridized carbons (Fsp3) is 0.0667. The maximum atomic E-state index is 10.3. The van der Waals surface area contributed by atoms with Crippen molar-refractivity contribution in [3.8, 4) is 0 Å². The lowest BCUT2D eigenvalue weighted by molar-refractivity contribution is -0.104. The predicted octanol–water partition coefficient (Wildman–Crippen LogP) is 2.87. The van der Waals surface area contributed by atoms with E-state index in [1.54, 1.807) is 12.2 Å². The molecule has 0 aromatic heterocycles. The highest BCUT2D eigenvalue weighted by molar-refractivity contribution is 5.66. The number of hydrogen-bond acceptors (Lipinski definition) is 2. The molecule has 0 unspecified atom stereocenters. The highest BCUT2D eigenvalue weighted by atomic mass is 16.1. The summed E-state index contributed by atoms with van der Waals surface area (Å²) in [7, 11) is 0. The summed E-state index contributed by atoms with van der Waals surface area (Å²) in [5.74, 6) is 0. The van der Waals surface area contributed by atoms with E-state index in [1.807, 2.05) is 36.5 Å². The summed E-state index contributed by atoms with van der Waals surface area (Å²) < 4.78 is 0. The number of aldehydes is 2. The molecule has 0 bridgehead atoms. The molecule has 0 heterocycles. The van der Waals surface area contributed by atoms with Gasteiger partial charge in [0, 0.05) is 0 Å². The van der Waals surface area contributed by atoms with E-state index in [9.17, 15) is 9.59 Å². The van der Waals surface area contributed by atoms with Gasteiger partial charge in [-0.15, -0.1) is 0 Å². The Balaban J connectivity index is 2.69. The Bertz CT molecular complexity index is 444. The minimum Gasteiger partial charge on any atom is -0.299 e. The first-order valence-electron chi connectivity index (χ1n) is 5.33. The van der Waals surface area contributed by atoms with Crippen LogP contribution in [-0.2, 0) is 9.59 Å². The summed E-state index contributed by atoms with van der Waals surface area (Å²) in [5, 5.41) is 0. The van der Waals surface area contributed by atoms with E-state index in [-0.39, 0.29) is 0 Å². The van der Waals surface area contributed by atoms with Crippen molar-refractivity contribution in [1.82, 2.24) is 0 Å². The highest BCUT2D eigenvalue weighted by Gasteiger charge is 1.97. The normalized spacial score (nSPS) is 16.2. The van der Waals surface area contributed by atoms with Crippen LogP contribution in [-0.4, -0.2) is 12.6 Å². The first-order valence-corrected chi connectivity index (χ1v) is 5.33. The van der Waals surface area contributed by atoms with E-state index < -0.39 is 0 Å². The van der Waals surface area contributed by atoms with Gasteiger partial charge in [-0.25, -0.2) is 0 Å². The second kappa shape index (κ2) is 7.99. The zero-order chi connectivity index (χ0) is 12.3. The van der Waals surface area contributed by atoms with Gasteiger partial charge in [-0.05, 0) is 29.7 Å². The Hall–Kier alpha value is -2.22. The molecule has 1 rings (SSSR count). The number of allylic oxidation sites excluding steroid dienone is 12. The third-order valence-electron chi connectivity index (χ3n) is 2.14. The molecule has 17 heavy (non-hydrogen) atoms. The molecule has 0 fully saturated rings. The number of carbonyl (C=O) groups excluding carboxylic acids is 2. The molecular formula is C15H14O2. The van der Waals surface area contributed by atoms with Gasteiger partial charge < -0.3 is 0 Å². The van der Waals surface area contributed by atoms with Gasteiger partial charge in [0.25, 0.3) is 0 Å². The average molecular weight is 226 g/mol. The molecule has 0 aliphatic heterocycles. The standard InChI is InChI=1S/C15H14O2/c16-11-5-1-2-7-14-8-3-4-9-15(13-14)10-6-12-17/h1-12H,13H2/b5-1+,7-2+,10-6+. The molecule has 2 nitrogen and oxygen atoms in total. The summed E-state index contributed by atoms with van der Waals surface area (Å²) >= 11 is 0. The van der Waals surface area contributed by atoms with Gasteiger partial charge in [0.15, 0.2) is 0 Å². The summed E-state index contributed by atoms with van der Waals surface area (Å²) in [5.41, 5.74) is 2.19. The van der Waals surface area contributed by atoms with Gasteiger partial charge in [0.1, 0.15) is 12.6 Å². The van der Waals surface area contributed by atoms with E-state index in [0.29, 0.717) is 0 Å². The van der Waals surface area contributed by atoms with Gasteiger partial charge >= 0.3 is 0 Å². The van der Waals surface area contributed by atoms with Crippen molar-refractivity contribution in [3.05, 3.63) is 71.9 Å². The monoisotopic (exact) mass is 226 g/mol. The van der Waals surface area contributed by atoms with Crippen LogP contribution >= 0.6 is 0 Å². The zero-order valence-electron chi connectivity index (χ0n) is 9.45. The Morgan fingerprint density at radius 1 is 0.765 bits per heavy atom. The van der Waals surface area contributed by atoms with Crippen LogP contribution in [0.4, 0.5) is 0 Å². The summed E-state index contributed by atoms with van der Waals surface area (Å²) in [6.07, 6.45) is 20.3. The third-order valence-corrected chi connectivity index (χ3v) is 2.14. The topological polar surface area (TPSA) is 34.1 Å². The fourth-order valence-corrected chi connectivity index (χ4v) is 1.39. The number of carbonyl (C=O) groups is 2. The van der Waals surface area contributed by atoms with Crippen molar-refractivity contribution >= 4 is 12.6 Å². The smallest absolute Gasteiger partial charge is 0.142 e. The molecule has 1 aliphatic rings. The zero-order valence-corrected chi connectivity index (χ0v) is 9.45. The molecule has 0 aromatic carbocycles. The Morgan fingerprint density at radius 3 is 1.94 bits per heavy atom. The highest BCUT2D eigenvalue weighted by Crippen LogP contribution is 2.16. The van der Waals surface area contributed by atoms with Crippen LogP contribution in [0.2, 0.25) is 0 Å². The van der Waals surface area contributed by atoms with Crippen molar-refractivity contribution in [2.24, 2.45) is 0 Å². The quantitative estimate of drug-likeness (QED) is 0.410. The van der Waals surface area contributed by atoms with Crippen LogP contribution in [0.5, 0.6) is 0 Å². The van der Waals surface area contributed by atoms with E-state index in [1.165, 1.54) is 12.2 Å². The Kier molecular flexibility index (Phi) is 6.04. The number of rotatable bonds is 5. The van der Waals surface area contributed by atoms with E-state index >= 15 is 0 Å². The maximum absolute atomic E-state index is 10.3. The lowest BCUT2D eigenvalue weighted by atomic mass is 10.1. The van der Waals surface area contributed by atoms with E-state index in [0.717, 1.165) is 30.1 Å². The van der Waals surface area contributed by atoms with Crippen molar-refractivity contribution in [3.63, 3.8) is 0 Å². The van der Waals surface area contributed by atoms with Crippen LogP contribution < -0.4 is 0 Å². The lowest BCUT2D eigenvalue weighted by Gasteiger charge is -2.00. The van der Waals surface area contributed by atoms with E-state index in [4.69, 9.17) is 0 Å². The molecule has 0 amide bonds. The molecule has 0 spiro atoms. The molecule has 0 radical (unpaired) electrons. The van der Waals surface area contributed by atoms with Crippen LogP contribution in [0.3, 0.4) is 0 Å². The minimum absolute atomic E-state index is 0.740. The first kappa shape index (κ1) is 12.8. The SMILES string of the molecule is O=C/C=C/C=C/C1=CC=CC=C(/C=C/C=O)C1. The largest absolute Gasteiger partial charge is 0.299 e. The molecule has 0 saturated carbocycles. The van der Waals surface area contributed by atoms with Crippen LogP contribution in [0.1, 0.15) is 6.42 Å². The van der Waals surface area contributed by atoms with Gasteiger partial charge in [0.05, 0.1) is 0 Å². The number of hydrogen-bond donors (Lipinski definition) is 0. The lowest BCUT2D eigenvalue weighted by Crippen LogP contribution is -1.82. The second-order valence-corrected chi connectivity index (χ2v) is 3.42. The first-order chi connectivity index (χ1) is 8.36. The fourth-order valence-electron chi connectivity index (χ4n) is 1.39. The van der Waals surface area contributed by atoms with Crippen LogP contribution in [0.15, 0.2) is 71.9 Å². The maximum Gasteiger partial charge on any atom is 0.142 e. The molecule has 0 aromatic rings. The van der Waals surface area contributed by atoms with Gasteiger partial charge in [-0.2, -0.15) is 0 Å². The summed E-state index contributed by atoms with van der Waals surface area (Å²) in [6.45, 7) is 0. The second-order valence-electron chi connectivity index (χ2n) is 3.42. The molecule has 86 valence electrons. The summed E-state index contributed by atoms with van der Waals surface area (Å²) in [6, 6.07) is 0. The van der Waals surface area contributed by atoms with Crippen molar-refractivity contribution in [1.29, 1.82) is 0 Å². The van der Waals surface area contributed by atoms with Crippen LogP contribution in [0, 0.1) is 0 Å². The average Bonchev–Trinajstić information content (AvgIpc) is 2.57. The van der Waals surface area contributed by atoms with Gasteiger partial charge in [-0.3, -0.25) is 9.59 Å². The predicted molar refractivity (Wildman–Crippen MR) is 69.5 cm³/mol. The van der Waals surface area contributed by atoms with Gasteiger partial charge in [-0.1, -0.05) is 48.6 Å². The molecular weight excluding hydrogens is 212 g/mol.